The van der Waals surface area contributed by atoms with Crippen LogP contribution in [0.3, 0.4) is 0 Å². The molecule has 1 heterocycles. The Kier molecular flexibility index (Phi) is 3.03. The summed E-state index contributed by atoms with van der Waals surface area (Å²) in [4.78, 5) is 21.3. The highest BCUT2D eigenvalue weighted by atomic mass is 19.3. The maximum absolute atomic E-state index is 12.8. The van der Waals surface area contributed by atoms with Crippen LogP contribution in [0.1, 0.15) is 19.3 Å². The number of likely N-dealkylation sites (tertiary alicyclic amines) is 1. The van der Waals surface area contributed by atoms with Gasteiger partial charge in [-0.2, -0.15) is 0 Å². The quantitative estimate of drug-likeness (QED) is 0.710. The fourth-order valence-electron chi connectivity index (χ4n) is 1.64. The van der Waals surface area contributed by atoms with Crippen LogP contribution in [-0.4, -0.2) is 40.9 Å². The molecule has 0 saturated carbocycles. The number of rotatable bonds is 3. The van der Waals surface area contributed by atoms with Gasteiger partial charge in [0.15, 0.2) is 0 Å². The van der Waals surface area contributed by atoms with E-state index in [1.807, 2.05) is 0 Å². The largest absolute Gasteiger partial charge is 0.465 e. The third-order valence-electron chi connectivity index (χ3n) is 2.24. The Balaban J connectivity index is 2.62. The van der Waals surface area contributed by atoms with Gasteiger partial charge in [-0.05, 0) is 6.42 Å². The lowest BCUT2D eigenvalue weighted by Crippen LogP contribution is -2.35. The molecule has 1 amide bonds. The molecule has 1 unspecified atom stereocenters. The van der Waals surface area contributed by atoms with Crippen LogP contribution in [0.2, 0.25) is 0 Å². The molecule has 0 bridgehead atoms. The van der Waals surface area contributed by atoms with Crippen molar-refractivity contribution in [2.24, 2.45) is 0 Å². The van der Waals surface area contributed by atoms with Gasteiger partial charge < -0.3 is 9.90 Å². The second kappa shape index (κ2) is 3.89. The highest BCUT2D eigenvalue weighted by molar-refractivity contribution is 5.66. The molecule has 0 spiro atoms. The van der Waals surface area contributed by atoms with E-state index >= 15 is 0 Å². The van der Waals surface area contributed by atoms with E-state index in [9.17, 15) is 18.4 Å². The maximum Gasteiger partial charge on any atom is 0.407 e. The van der Waals surface area contributed by atoms with Crippen molar-refractivity contribution in [1.29, 1.82) is 0 Å². The molecular weight excluding hydrogens is 196 g/mol. The number of hydrogen-bond donors (Lipinski definition) is 1. The minimum Gasteiger partial charge on any atom is -0.465 e. The summed E-state index contributed by atoms with van der Waals surface area (Å²) in [6.07, 6.45) is -0.933. The fraction of sp³-hybridized carbons (Fsp3) is 0.750. The first-order chi connectivity index (χ1) is 6.46. The molecule has 1 N–H and O–H groups in total. The number of alkyl halides is 2. The van der Waals surface area contributed by atoms with Crippen molar-refractivity contribution in [2.45, 2.75) is 31.2 Å². The second-order valence-electron chi connectivity index (χ2n) is 3.37. The number of aldehydes is 1. The first-order valence-electron chi connectivity index (χ1n) is 4.27. The zero-order valence-corrected chi connectivity index (χ0v) is 7.45. The van der Waals surface area contributed by atoms with Gasteiger partial charge >= 0.3 is 6.09 Å². The summed E-state index contributed by atoms with van der Waals surface area (Å²) < 4.78 is 25.7. The van der Waals surface area contributed by atoms with Crippen LogP contribution in [0.4, 0.5) is 13.6 Å². The van der Waals surface area contributed by atoms with Gasteiger partial charge in [0, 0.05) is 18.9 Å². The number of amides is 1. The van der Waals surface area contributed by atoms with Gasteiger partial charge in [0.05, 0.1) is 6.54 Å². The third-order valence-corrected chi connectivity index (χ3v) is 2.24. The summed E-state index contributed by atoms with van der Waals surface area (Å²) in [7, 11) is 0. The lowest BCUT2D eigenvalue weighted by atomic mass is 10.1. The van der Waals surface area contributed by atoms with Gasteiger partial charge in [0.1, 0.15) is 6.29 Å². The van der Waals surface area contributed by atoms with Gasteiger partial charge in [-0.25, -0.2) is 13.6 Å². The van der Waals surface area contributed by atoms with Crippen molar-refractivity contribution in [2.75, 3.05) is 6.54 Å². The fourth-order valence-corrected chi connectivity index (χ4v) is 1.64. The molecule has 1 saturated heterocycles. The molecule has 0 aromatic carbocycles. The Labute approximate surface area is 79.5 Å². The highest BCUT2D eigenvalue weighted by Crippen LogP contribution is 2.33. The van der Waals surface area contributed by atoms with Crippen molar-refractivity contribution < 1.29 is 23.5 Å². The number of carbonyl (C=O) groups excluding carboxylic acids is 1. The molecule has 0 aromatic heterocycles. The summed E-state index contributed by atoms with van der Waals surface area (Å²) in [5.74, 6) is -2.95. The standard InChI is InChI=1S/C8H11F2NO3/c9-8(10)4-6(2-1-3-12)11(5-8)7(13)14/h3,6H,1-2,4-5H2,(H,13,14). The Morgan fingerprint density at radius 2 is 2.29 bits per heavy atom. The second-order valence-corrected chi connectivity index (χ2v) is 3.37. The molecule has 1 atom stereocenters. The van der Waals surface area contributed by atoms with E-state index in [1.165, 1.54) is 0 Å². The summed E-state index contributed by atoms with van der Waals surface area (Å²) in [6.45, 7) is -0.758. The maximum atomic E-state index is 12.8. The molecule has 0 aliphatic carbocycles. The van der Waals surface area contributed by atoms with Crippen LogP contribution in [0, 0.1) is 0 Å². The first kappa shape index (κ1) is 10.9. The molecule has 0 aromatic rings. The van der Waals surface area contributed by atoms with E-state index < -0.39 is 31.0 Å². The zero-order chi connectivity index (χ0) is 10.8. The number of carboxylic acid groups (broad SMARTS) is 1. The van der Waals surface area contributed by atoms with Gasteiger partial charge in [0.2, 0.25) is 0 Å². The molecule has 14 heavy (non-hydrogen) atoms. The van der Waals surface area contributed by atoms with E-state index in [-0.39, 0.29) is 12.8 Å². The zero-order valence-electron chi connectivity index (χ0n) is 7.45. The number of carbonyl (C=O) groups is 2. The summed E-state index contributed by atoms with van der Waals surface area (Å²) in [5.41, 5.74) is 0. The smallest absolute Gasteiger partial charge is 0.407 e. The van der Waals surface area contributed by atoms with Crippen molar-refractivity contribution in [3.63, 3.8) is 0 Å². The van der Waals surface area contributed by atoms with Gasteiger partial charge in [-0.1, -0.05) is 0 Å². The molecule has 0 radical (unpaired) electrons. The number of hydrogen-bond acceptors (Lipinski definition) is 2. The molecular formula is C8H11F2NO3. The lowest BCUT2D eigenvalue weighted by molar-refractivity contribution is -0.108. The van der Waals surface area contributed by atoms with Crippen LogP contribution in [-0.2, 0) is 4.79 Å². The van der Waals surface area contributed by atoms with Crippen LogP contribution in [0.5, 0.6) is 0 Å². The molecule has 4 nitrogen and oxygen atoms in total. The van der Waals surface area contributed by atoms with E-state index in [0.29, 0.717) is 11.2 Å². The van der Waals surface area contributed by atoms with Gasteiger partial charge in [-0.3, -0.25) is 4.90 Å². The molecule has 1 fully saturated rings. The average molecular weight is 207 g/mol. The third kappa shape index (κ3) is 2.40. The van der Waals surface area contributed by atoms with Gasteiger partial charge in [0.25, 0.3) is 5.92 Å². The Morgan fingerprint density at radius 1 is 1.64 bits per heavy atom. The Bertz CT molecular complexity index is 245. The van der Waals surface area contributed by atoms with Crippen LogP contribution < -0.4 is 0 Å². The Hall–Kier alpha value is -1.20. The summed E-state index contributed by atoms with van der Waals surface area (Å²) in [5, 5.41) is 8.62. The molecule has 80 valence electrons. The van der Waals surface area contributed by atoms with Crippen molar-refractivity contribution in [3.05, 3.63) is 0 Å². The molecule has 1 aliphatic rings. The van der Waals surface area contributed by atoms with Crippen LogP contribution in [0.15, 0.2) is 0 Å². The van der Waals surface area contributed by atoms with E-state index in [4.69, 9.17) is 5.11 Å². The lowest BCUT2D eigenvalue weighted by Gasteiger charge is -2.19. The average Bonchev–Trinajstić information content (AvgIpc) is 2.38. The number of halogens is 2. The minimum atomic E-state index is -2.95. The predicted molar refractivity (Wildman–Crippen MR) is 43.4 cm³/mol. The molecule has 1 rings (SSSR count). The first-order valence-corrected chi connectivity index (χ1v) is 4.27. The normalized spacial score (nSPS) is 25.0. The van der Waals surface area contributed by atoms with E-state index in [0.717, 1.165) is 0 Å². The monoisotopic (exact) mass is 207 g/mol. The SMILES string of the molecule is O=CCCC1CC(F)(F)CN1C(=O)O. The van der Waals surface area contributed by atoms with E-state index in [2.05, 4.69) is 0 Å². The minimum absolute atomic E-state index is 0.116. The van der Waals surface area contributed by atoms with Crippen LogP contribution in [0.25, 0.3) is 0 Å². The van der Waals surface area contributed by atoms with E-state index in [1.54, 1.807) is 0 Å². The topological polar surface area (TPSA) is 57.6 Å². The van der Waals surface area contributed by atoms with Crippen LogP contribution >= 0.6 is 0 Å². The van der Waals surface area contributed by atoms with Gasteiger partial charge in [-0.15, -0.1) is 0 Å². The predicted octanol–water partition coefficient (Wildman–Crippen LogP) is 1.35. The van der Waals surface area contributed by atoms with Crippen molar-refractivity contribution in [1.82, 2.24) is 4.90 Å². The molecule has 6 heteroatoms. The number of nitrogens with zero attached hydrogens (tertiary/aromatic N) is 1. The summed E-state index contributed by atoms with van der Waals surface area (Å²) >= 11 is 0. The van der Waals surface area contributed by atoms with Crippen molar-refractivity contribution >= 4 is 12.4 Å². The summed E-state index contributed by atoms with van der Waals surface area (Å²) in [6, 6.07) is -0.729. The van der Waals surface area contributed by atoms with Crippen molar-refractivity contribution in [3.8, 4) is 0 Å². The highest BCUT2D eigenvalue weighted by Gasteiger charge is 2.46. The molecule has 1 aliphatic heterocycles. The Morgan fingerprint density at radius 3 is 2.79 bits per heavy atom.